The first-order valence-electron chi connectivity index (χ1n) is 10.7. The highest BCUT2D eigenvalue weighted by atomic mass is 32.2. The maximum absolute atomic E-state index is 13.2. The summed E-state index contributed by atoms with van der Waals surface area (Å²) in [5.74, 6) is 0.430. The number of amides is 1. The lowest BCUT2D eigenvalue weighted by atomic mass is 10.0. The molecular formula is C26H21N3O4S. The minimum absolute atomic E-state index is 0.190. The summed E-state index contributed by atoms with van der Waals surface area (Å²) in [7, 11) is -3.68. The third-order valence-corrected chi connectivity index (χ3v) is 6.93. The van der Waals surface area contributed by atoms with Crippen molar-refractivity contribution in [1.29, 1.82) is 0 Å². The normalized spacial score (nSPS) is 15.7. The highest BCUT2D eigenvalue weighted by Crippen LogP contribution is 2.34. The van der Waals surface area contributed by atoms with Crippen molar-refractivity contribution in [2.75, 3.05) is 4.72 Å². The molecule has 0 bridgehead atoms. The average molecular weight is 472 g/mol. The van der Waals surface area contributed by atoms with Crippen molar-refractivity contribution < 1.29 is 17.6 Å². The summed E-state index contributed by atoms with van der Waals surface area (Å²) in [6, 6.07) is 27.4. The third-order valence-electron chi connectivity index (χ3n) is 5.53. The van der Waals surface area contributed by atoms with Gasteiger partial charge in [0.1, 0.15) is 11.8 Å². The molecule has 1 atom stereocenters. The standard InChI is InChI=1S/C26H21N3O4S/c30-26(20-8-3-1-4-9-20)29-24(25-12-7-17-33-25)18-23(27-29)19-13-15-21(16-14-19)28-34(31,32)22-10-5-2-6-11-22/h1-17,24,28H,18H2/t24-/m1/s1. The van der Waals surface area contributed by atoms with Gasteiger partial charge in [0.05, 0.1) is 16.9 Å². The second-order valence-electron chi connectivity index (χ2n) is 7.79. The first kappa shape index (κ1) is 21.7. The second-order valence-corrected chi connectivity index (χ2v) is 9.48. The molecule has 1 N–H and O–H groups in total. The number of anilines is 1. The maximum atomic E-state index is 13.2. The fourth-order valence-corrected chi connectivity index (χ4v) is 4.91. The van der Waals surface area contributed by atoms with Crippen LogP contribution >= 0.6 is 0 Å². The summed E-state index contributed by atoms with van der Waals surface area (Å²) < 4.78 is 33.3. The number of sulfonamides is 1. The minimum atomic E-state index is -3.68. The second kappa shape index (κ2) is 8.99. The summed E-state index contributed by atoms with van der Waals surface area (Å²) in [6.07, 6.45) is 2.05. The van der Waals surface area contributed by atoms with E-state index in [0.717, 1.165) is 5.56 Å². The number of hydrogen-bond acceptors (Lipinski definition) is 5. The lowest BCUT2D eigenvalue weighted by molar-refractivity contribution is 0.0693. The molecule has 0 saturated carbocycles. The summed E-state index contributed by atoms with van der Waals surface area (Å²) in [4.78, 5) is 13.4. The third kappa shape index (κ3) is 4.35. The van der Waals surface area contributed by atoms with Crippen molar-refractivity contribution in [1.82, 2.24) is 5.01 Å². The Kier molecular flexibility index (Phi) is 5.73. The Labute approximate surface area is 197 Å². The molecule has 0 fully saturated rings. The predicted molar refractivity (Wildman–Crippen MR) is 129 cm³/mol. The molecule has 8 heteroatoms. The molecule has 1 amide bonds. The molecule has 0 spiro atoms. The van der Waals surface area contributed by atoms with Crippen LogP contribution in [0.4, 0.5) is 5.69 Å². The quantitative estimate of drug-likeness (QED) is 0.425. The van der Waals surface area contributed by atoms with Gasteiger partial charge in [0.25, 0.3) is 15.9 Å². The van der Waals surface area contributed by atoms with Crippen LogP contribution in [0.25, 0.3) is 0 Å². The van der Waals surface area contributed by atoms with Gasteiger partial charge in [0, 0.05) is 17.7 Å². The van der Waals surface area contributed by atoms with Crippen LogP contribution in [0.1, 0.15) is 34.1 Å². The maximum Gasteiger partial charge on any atom is 0.274 e. The fraction of sp³-hybridized carbons (Fsp3) is 0.0769. The van der Waals surface area contributed by atoms with Gasteiger partial charge in [-0.3, -0.25) is 9.52 Å². The summed E-state index contributed by atoms with van der Waals surface area (Å²) in [5, 5.41) is 6.08. The van der Waals surface area contributed by atoms with Crippen molar-refractivity contribution in [3.63, 3.8) is 0 Å². The van der Waals surface area contributed by atoms with E-state index in [4.69, 9.17) is 4.42 Å². The van der Waals surface area contributed by atoms with Crippen molar-refractivity contribution >= 4 is 27.3 Å². The monoisotopic (exact) mass is 471 g/mol. The largest absolute Gasteiger partial charge is 0.467 e. The zero-order valence-electron chi connectivity index (χ0n) is 18.0. The molecule has 0 unspecified atom stereocenters. The molecule has 1 aliphatic rings. The lowest BCUT2D eigenvalue weighted by Crippen LogP contribution is -2.26. The van der Waals surface area contributed by atoms with E-state index in [2.05, 4.69) is 9.82 Å². The van der Waals surface area contributed by atoms with E-state index in [1.54, 1.807) is 66.9 Å². The summed E-state index contributed by atoms with van der Waals surface area (Å²) in [5.41, 5.74) is 2.48. The van der Waals surface area contributed by atoms with Gasteiger partial charge in [0.2, 0.25) is 0 Å². The fourth-order valence-electron chi connectivity index (χ4n) is 3.83. The first-order valence-corrected chi connectivity index (χ1v) is 12.2. The highest BCUT2D eigenvalue weighted by Gasteiger charge is 2.35. The Morgan fingerprint density at radius 1 is 0.882 bits per heavy atom. The topological polar surface area (TPSA) is 92.0 Å². The highest BCUT2D eigenvalue weighted by molar-refractivity contribution is 7.92. The first-order chi connectivity index (χ1) is 16.5. The molecule has 5 rings (SSSR count). The Bertz CT molecular complexity index is 1420. The van der Waals surface area contributed by atoms with E-state index in [1.165, 1.54) is 17.1 Å². The van der Waals surface area contributed by atoms with Crippen LogP contribution < -0.4 is 4.72 Å². The Morgan fingerprint density at radius 2 is 1.56 bits per heavy atom. The number of nitrogens with one attached hydrogen (secondary N) is 1. The number of carbonyl (C=O) groups excluding carboxylic acids is 1. The van der Waals surface area contributed by atoms with Crippen LogP contribution in [-0.4, -0.2) is 25.0 Å². The number of nitrogens with zero attached hydrogens (tertiary/aromatic N) is 2. The molecule has 7 nitrogen and oxygen atoms in total. The average Bonchev–Trinajstić information content (AvgIpc) is 3.55. The van der Waals surface area contributed by atoms with E-state index >= 15 is 0 Å². The van der Waals surface area contributed by atoms with E-state index in [1.807, 2.05) is 24.3 Å². The molecule has 3 aromatic carbocycles. The van der Waals surface area contributed by atoms with Crippen molar-refractivity contribution in [3.8, 4) is 0 Å². The Morgan fingerprint density at radius 3 is 2.21 bits per heavy atom. The van der Waals surface area contributed by atoms with Gasteiger partial charge < -0.3 is 4.42 Å². The number of hydrazone groups is 1. The van der Waals surface area contributed by atoms with Crippen LogP contribution in [0.2, 0.25) is 0 Å². The molecule has 0 radical (unpaired) electrons. The van der Waals surface area contributed by atoms with Crippen molar-refractivity contribution in [2.24, 2.45) is 5.10 Å². The Balaban J connectivity index is 1.40. The number of rotatable bonds is 6. The smallest absolute Gasteiger partial charge is 0.274 e. The molecule has 1 aliphatic heterocycles. The number of carbonyl (C=O) groups is 1. The van der Waals surface area contributed by atoms with Crippen LogP contribution in [0.15, 0.2) is 118 Å². The molecule has 1 aromatic heterocycles. The van der Waals surface area contributed by atoms with Gasteiger partial charge in [-0.2, -0.15) is 5.10 Å². The zero-order valence-corrected chi connectivity index (χ0v) is 18.9. The molecule has 170 valence electrons. The van der Waals surface area contributed by atoms with Gasteiger partial charge in [-0.05, 0) is 54.1 Å². The van der Waals surface area contributed by atoms with Crippen molar-refractivity contribution in [3.05, 3.63) is 120 Å². The Hall–Kier alpha value is -4.17. The molecule has 0 aliphatic carbocycles. The molecule has 34 heavy (non-hydrogen) atoms. The molecule has 0 saturated heterocycles. The number of furan rings is 1. The van der Waals surface area contributed by atoms with Gasteiger partial charge in [0.15, 0.2) is 0 Å². The summed E-state index contributed by atoms with van der Waals surface area (Å²) in [6.45, 7) is 0. The number of hydrogen-bond donors (Lipinski definition) is 1. The van der Waals surface area contributed by atoms with E-state index in [0.29, 0.717) is 29.1 Å². The van der Waals surface area contributed by atoms with Gasteiger partial charge in [-0.25, -0.2) is 13.4 Å². The lowest BCUT2D eigenvalue weighted by Gasteiger charge is -2.19. The van der Waals surface area contributed by atoms with Crippen LogP contribution in [0.5, 0.6) is 0 Å². The minimum Gasteiger partial charge on any atom is -0.467 e. The zero-order chi connectivity index (χ0) is 23.5. The van der Waals surface area contributed by atoms with Gasteiger partial charge >= 0.3 is 0 Å². The van der Waals surface area contributed by atoms with Crippen LogP contribution in [0.3, 0.4) is 0 Å². The van der Waals surface area contributed by atoms with E-state index < -0.39 is 10.0 Å². The molecule has 4 aromatic rings. The van der Waals surface area contributed by atoms with Crippen LogP contribution in [-0.2, 0) is 10.0 Å². The SMILES string of the molecule is O=C(c1ccccc1)N1N=C(c2ccc(NS(=O)(=O)c3ccccc3)cc2)C[C@@H]1c1ccco1. The molecule has 2 heterocycles. The number of benzene rings is 3. The van der Waals surface area contributed by atoms with Gasteiger partial charge in [-0.15, -0.1) is 0 Å². The van der Waals surface area contributed by atoms with Gasteiger partial charge in [-0.1, -0.05) is 48.5 Å². The van der Waals surface area contributed by atoms with E-state index in [9.17, 15) is 13.2 Å². The summed E-state index contributed by atoms with van der Waals surface area (Å²) >= 11 is 0. The van der Waals surface area contributed by atoms with E-state index in [-0.39, 0.29) is 16.8 Å². The van der Waals surface area contributed by atoms with Crippen molar-refractivity contribution in [2.45, 2.75) is 17.4 Å². The van der Waals surface area contributed by atoms with Crippen LogP contribution in [0, 0.1) is 0 Å². The predicted octanol–water partition coefficient (Wildman–Crippen LogP) is 5.07. The molecular weight excluding hydrogens is 450 g/mol.